The number of amides is 1. The second kappa shape index (κ2) is 10.4. The third-order valence-corrected chi connectivity index (χ3v) is 9.13. The van der Waals surface area contributed by atoms with Crippen LogP contribution in [0.4, 0.5) is 10.2 Å². The Balaban J connectivity index is 1.38. The van der Waals surface area contributed by atoms with E-state index in [0.29, 0.717) is 33.5 Å². The van der Waals surface area contributed by atoms with Gasteiger partial charge in [0.25, 0.3) is 5.91 Å². The lowest BCUT2D eigenvalue weighted by atomic mass is 9.64. The normalized spacial score (nSPS) is 19.4. The summed E-state index contributed by atoms with van der Waals surface area (Å²) in [6.45, 7) is 6.74. The third kappa shape index (κ3) is 5.67. The average Bonchev–Trinajstić information content (AvgIpc) is 3.32. The van der Waals surface area contributed by atoms with Gasteiger partial charge in [0.15, 0.2) is 9.84 Å². The molecule has 11 heteroatoms. The average molecular weight is 518 g/mol. The maximum Gasteiger partial charge on any atom is 0.265 e. The zero-order valence-corrected chi connectivity index (χ0v) is 21.2. The zero-order valence-electron chi connectivity index (χ0n) is 19.5. The number of carbonyl (C=O) groups is 1. The standard InChI is InChI=1S/C24H28FN5O3S2/c1-3-4-6-18(25)17(2)24(9-5-10-24)16-27-21-8-7-19(28-29-21)22-26-15-20(34-22)23(31)30-11-13-35(32,33)14-12-30/h3-4,6-8,15H,2,5,9-14,16H2,1H3,(H,27,29)/b4-3-,18-6+. The highest BCUT2D eigenvalue weighted by molar-refractivity contribution is 7.91. The molecule has 186 valence electrons. The number of halogens is 1. The maximum atomic E-state index is 14.5. The summed E-state index contributed by atoms with van der Waals surface area (Å²) in [5.41, 5.74) is 0.704. The predicted octanol–water partition coefficient (Wildman–Crippen LogP) is 4.04. The van der Waals surface area contributed by atoms with Crippen molar-refractivity contribution in [1.29, 1.82) is 0 Å². The Morgan fingerprint density at radius 1 is 1.29 bits per heavy atom. The lowest BCUT2D eigenvalue weighted by Crippen LogP contribution is -2.43. The number of nitrogens with one attached hydrogen (secondary N) is 1. The quantitative estimate of drug-likeness (QED) is 0.527. The van der Waals surface area contributed by atoms with E-state index in [1.807, 2.05) is 6.92 Å². The number of rotatable bonds is 8. The molecule has 2 aromatic heterocycles. The second-order valence-electron chi connectivity index (χ2n) is 8.78. The number of carbonyl (C=O) groups excluding carboxylic acids is 1. The van der Waals surface area contributed by atoms with Crippen LogP contribution < -0.4 is 5.32 Å². The fourth-order valence-corrected chi connectivity index (χ4v) is 6.14. The van der Waals surface area contributed by atoms with E-state index in [-0.39, 0.29) is 41.7 Å². The van der Waals surface area contributed by atoms with Crippen molar-refractivity contribution >= 4 is 32.9 Å². The molecule has 8 nitrogen and oxygen atoms in total. The molecule has 3 heterocycles. The number of allylic oxidation sites excluding steroid dienone is 4. The van der Waals surface area contributed by atoms with Crippen molar-refractivity contribution < 1.29 is 17.6 Å². The van der Waals surface area contributed by atoms with E-state index in [1.165, 1.54) is 28.5 Å². The molecule has 0 spiro atoms. The zero-order chi connectivity index (χ0) is 25.1. The third-order valence-electron chi connectivity index (χ3n) is 6.51. The van der Waals surface area contributed by atoms with Crippen LogP contribution in [0.2, 0.25) is 0 Å². The summed E-state index contributed by atoms with van der Waals surface area (Å²) in [5.74, 6) is 0.00561. The van der Waals surface area contributed by atoms with Crippen LogP contribution in [0.15, 0.2) is 54.5 Å². The van der Waals surface area contributed by atoms with E-state index in [1.54, 1.807) is 24.3 Å². The van der Waals surface area contributed by atoms with Crippen molar-refractivity contribution in [1.82, 2.24) is 20.1 Å². The van der Waals surface area contributed by atoms with Gasteiger partial charge < -0.3 is 10.2 Å². The SMILES string of the molecule is C=C(/C(F)=C\C=C/C)C1(CNc2ccc(-c3ncc(C(=O)N4CCS(=O)(=O)CC4)s3)nn2)CCC1. The highest BCUT2D eigenvalue weighted by Gasteiger charge is 2.41. The molecule has 0 bridgehead atoms. The van der Waals surface area contributed by atoms with Gasteiger partial charge in [-0.05, 0) is 43.5 Å². The summed E-state index contributed by atoms with van der Waals surface area (Å²) < 4.78 is 37.7. The Bertz CT molecular complexity index is 1250. The summed E-state index contributed by atoms with van der Waals surface area (Å²) in [5, 5.41) is 12.3. The molecule has 0 atom stereocenters. The number of hydrogen-bond donors (Lipinski definition) is 1. The van der Waals surface area contributed by atoms with Crippen molar-refractivity contribution in [2.45, 2.75) is 26.2 Å². The monoisotopic (exact) mass is 517 g/mol. The first kappa shape index (κ1) is 25.2. The predicted molar refractivity (Wildman–Crippen MR) is 136 cm³/mol. The maximum absolute atomic E-state index is 14.5. The van der Waals surface area contributed by atoms with Gasteiger partial charge in [-0.15, -0.1) is 21.5 Å². The van der Waals surface area contributed by atoms with E-state index in [2.05, 4.69) is 27.1 Å². The number of thiazole rings is 1. The van der Waals surface area contributed by atoms with Crippen LogP contribution in [0.25, 0.3) is 10.7 Å². The van der Waals surface area contributed by atoms with Gasteiger partial charge in [0.05, 0.1) is 17.7 Å². The Labute approximate surface area is 208 Å². The van der Waals surface area contributed by atoms with Crippen LogP contribution in [0.1, 0.15) is 35.9 Å². The number of aromatic nitrogens is 3. The van der Waals surface area contributed by atoms with E-state index in [9.17, 15) is 17.6 Å². The van der Waals surface area contributed by atoms with Crippen LogP contribution in [-0.2, 0) is 9.84 Å². The number of sulfone groups is 1. The van der Waals surface area contributed by atoms with Gasteiger partial charge in [-0.25, -0.2) is 17.8 Å². The van der Waals surface area contributed by atoms with E-state index in [4.69, 9.17) is 0 Å². The highest BCUT2D eigenvalue weighted by atomic mass is 32.2. The molecule has 1 aliphatic heterocycles. The Morgan fingerprint density at radius 3 is 2.63 bits per heavy atom. The van der Waals surface area contributed by atoms with E-state index >= 15 is 0 Å². The molecule has 2 fully saturated rings. The van der Waals surface area contributed by atoms with Gasteiger partial charge in [-0.1, -0.05) is 25.2 Å². The van der Waals surface area contributed by atoms with E-state index in [0.717, 1.165) is 19.3 Å². The van der Waals surface area contributed by atoms with Gasteiger partial charge in [0.1, 0.15) is 27.2 Å². The molecule has 35 heavy (non-hydrogen) atoms. The van der Waals surface area contributed by atoms with Crippen molar-refractivity contribution in [3.8, 4) is 10.7 Å². The molecule has 4 rings (SSSR count). The van der Waals surface area contributed by atoms with Crippen LogP contribution >= 0.6 is 11.3 Å². The van der Waals surface area contributed by atoms with Crippen LogP contribution in [-0.4, -0.2) is 65.5 Å². The van der Waals surface area contributed by atoms with Gasteiger partial charge in [-0.3, -0.25) is 4.79 Å². The Hall–Kier alpha value is -2.92. The van der Waals surface area contributed by atoms with Crippen molar-refractivity contribution in [2.24, 2.45) is 5.41 Å². The number of hydrogen-bond acceptors (Lipinski definition) is 8. The molecule has 1 saturated heterocycles. The fourth-order valence-electron chi connectivity index (χ4n) is 4.09. The first-order valence-corrected chi connectivity index (χ1v) is 14.1. The molecule has 0 unspecified atom stereocenters. The lowest BCUT2D eigenvalue weighted by molar-refractivity contribution is 0.0775. The Kier molecular flexibility index (Phi) is 7.46. The fraction of sp³-hybridized carbons (Fsp3) is 0.417. The smallest absolute Gasteiger partial charge is 0.265 e. The second-order valence-corrected chi connectivity index (χ2v) is 12.1. The van der Waals surface area contributed by atoms with Crippen molar-refractivity contribution in [3.05, 3.63) is 59.4 Å². The number of nitrogens with zero attached hydrogens (tertiary/aromatic N) is 4. The number of anilines is 1. The van der Waals surface area contributed by atoms with Gasteiger partial charge in [0.2, 0.25) is 0 Å². The van der Waals surface area contributed by atoms with Crippen molar-refractivity contribution in [2.75, 3.05) is 36.5 Å². The van der Waals surface area contributed by atoms with Crippen LogP contribution in [0.3, 0.4) is 0 Å². The highest BCUT2D eigenvalue weighted by Crippen LogP contribution is 2.49. The summed E-state index contributed by atoms with van der Waals surface area (Å²) >= 11 is 1.20. The summed E-state index contributed by atoms with van der Waals surface area (Å²) in [4.78, 5) is 19.0. The molecule has 2 aliphatic rings. The van der Waals surface area contributed by atoms with Crippen LogP contribution in [0.5, 0.6) is 0 Å². The summed E-state index contributed by atoms with van der Waals surface area (Å²) in [6.07, 6.45) is 9.12. The molecule has 1 aliphatic carbocycles. The van der Waals surface area contributed by atoms with Gasteiger partial charge in [0, 0.05) is 25.0 Å². The van der Waals surface area contributed by atoms with Crippen LogP contribution in [0, 0.1) is 5.41 Å². The largest absolute Gasteiger partial charge is 0.368 e. The molecular formula is C24H28FN5O3S2. The molecule has 1 saturated carbocycles. The molecular weight excluding hydrogens is 489 g/mol. The minimum absolute atomic E-state index is 0.0162. The van der Waals surface area contributed by atoms with Crippen molar-refractivity contribution in [3.63, 3.8) is 0 Å². The summed E-state index contributed by atoms with van der Waals surface area (Å²) in [7, 11) is -3.06. The van der Waals surface area contributed by atoms with Gasteiger partial charge in [-0.2, -0.15) is 0 Å². The molecule has 1 amide bonds. The Morgan fingerprint density at radius 2 is 2.03 bits per heavy atom. The topological polar surface area (TPSA) is 105 Å². The first-order valence-electron chi connectivity index (χ1n) is 11.4. The van der Waals surface area contributed by atoms with Gasteiger partial charge >= 0.3 is 0 Å². The minimum Gasteiger partial charge on any atom is -0.368 e. The summed E-state index contributed by atoms with van der Waals surface area (Å²) in [6, 6.07) is 3.55. The lowest BCUT2D eigenvalue weighted by Gasteiger charge is -2.43. The van der Waals surface area contributed by atoms with E-state index < -0.39 is 9.84 Å². The molecule has 1 N–H and O–H groups in total. The minimum atomic E-state index is -3.06. The molecule has 2 aromatic rings. The molecule has 0 aromatic carbocycles. The molecule has 0 radical (unpaired) electrons. The first-order chi connectivity index (χ1) is 16.7.